The Morgan fingerprint density at radius 1 is 1.21 bits per heavy atom. The number of halogens is 4. The first-order valence-corrected chi connectivity index (χ1v) is 12.6. The van der Waals surface area contributed by atoms with Gasteiger partial charge < -0.3 is 9.74 Å². The maximum Gasteiger partial charge on any atom is 0.265 e. The highest BCUT2D eigenvalue weighted by Gasteiger charge is 2.44. The summed E-state index contributed by atoms with van der Waals surface area (Å²) in [7, 11) is -3.81. The molecule has 1 aromatic heterocycles. The Morgan fingerprint density at radius 3 is 2.59 bits per heavy atom. The number of aryl methyl sites for hydroxylation is 1. The highest BCUT2D eigenvalue weighted by atomic mass is 32.2. The quantitative estimate of drug-likeness (QED) is 0.647. The number of pyridine rings is 1. The van der Waals surface area contributed by atoms with Crippen LogP contribution < -0.4 is 4.72 Å². The van der Waals surface area contributed by atoms with Gasteiger partial charge in [-0.25, -0.2) is 30.7 Å². The second kappa shape index (κ2) is 9.14. The van der Waals surface area contributed by atoms with E-state index in [2.05, 4.69) is 10.1 Å². The van der Waals surface area contributed by atoms with Crippen LogP contribution in [0.4, 0.5) is 17.6 Å². The summed E-state index contributed by atoms with van der Waals surface area (Å²) in [5.41, 5.74) is 0.983. The number of hydrogen-bond donors (Lipinski definition) is 1. The molecule has 1 aromatic carbocycles. The Bertz CT molecular complexity index is 1200. The minimum Gasteiger partial charge on any atom is -0.384 e. The minimum absolute atomic E-state index is 0.0556. The van der Waals surface area contributed by atoms with E-state index in [1.54, 1.807) is 24.1 Å². The molecular weight excluding hydrogens is 476 g/mol. The summed E-state index contributed by atoms with van der Waals surface area (Å²) in [6, 6.07) is 3.66. The van der Waals surface area contributed by atoms with E-state index in [-0.39, 0.29) is 42.8 Å². The van der Waals surface area contributed by atoms with Crippen LogP contribution in [-0.2, 0) is 14.9 Å². The Morgan fingerprint density at radius 2 is 1.91 bits per heavy atom. The third-order valence-corrected chi connectivity index (χ3v) is 6.59. The largest absolute Gasteiger partial charge is 0.384 e. The minimum atomic E-state index is -3.81. The van der Waals surface area contributed by atoms with Gasteiger partial charge in [-0.15, -0.1) is 0 Å². The van der Waals surface area contributed by atoms with Crippen LogP contribution in [-0.4, -0.2) is 55.4 Å². The molecule has 184 valence electrons. The normalized spacial score (nSPS) is 22.8. The van der Waals surface area contributed by atoms with Gasteiger partial charge in [0.15, 0.2) is 6.10 Å². The second-order valence-electron chi connectivity index (χ2n) is 8.58. The standard InChI is InChI=1S/C22H24F4N4O3S/c1-13-10-14(20-15(23)4-3-5-16(20)24)21(27-12-13)17-11-19(28-33-17)30-8-6-18(29-34(2,31)32)22(25,26)7-9-30/h3-5,10,12,17-18,29H,6-9,11H2,1-2H3/t17?,18-/m1/s1. The van der Waals surface area contributed by atoms with Gasteiger partial charge >= 0.3 is 0 Å². The predicted octanol–water partition coefficient (Wildman–Crippen LogP) is 3.76. The summed E-state index contributed by atoms with van der Waals surface area (Å²) in [5, 5.41) is 4.04. The number of benzene rings is 1. The van der Waals surface area contributed by atoms with E-state index in [1.807, 2.05) is 4.72 Å². The fraction of sp³-hybridized carbons (Fsp3) is 0.455. The molecule has 0 spiro atoms. The van der Waals surface area contributed by atoms with Crippen molar-refractivity contribution >= 4 is 15.9 Å². The Balaban J connectivity index is 1.55. The van der Waals surface area contributed by atoms with Crippen LogP contribution in [0.15, 0.2) is 35.6 Å². The highest BCUT2D eigenvalue weighted by molar-refractivity contribution is 7.88. The van der Waals surface area contributed by atoms with E-state index < -0.39 is 46.1 Å². The average molecular weight is 501 g/mol. The lowest BCUT2D eigenvalue weighted by Crippen LogP contribution is -2.47. The van der Waals surface area contributed by atoms with Crippen molar-refractivity contribution in [2.24, 2.45) is 5.16 Å². The fourth-order valence-corrected chi connectivity index (χ4v) is 5.02. The number of nitrogens with one attached hydrogen (secondary N) is 1. The SMILES string of the molecule is Cc1cnc(C2CC(N3CC[C@@H](NS(C)(=O)=O)C(F)(F)CC3)=NO2)c(-c2c(F)cccc2F)c1. The molecule has 0 bridgehead atoms. The molecule has 3 heterocycles. The van der Waals surface area contributed by atoms with E-state index in [0.717, 1.165) is 18.4 Å². The molecule has 2 aliphatic rings. The molecule has 1 N–H and O–H groups in total. The molecule has 2 atom stereocenters. The van der Waals surface area contributed by atoms with Crippen molar-refractivity contribution in [1.82, 2.24) is 14.6 Å². The number of sulfonamides is 1. The lowest BCUT2D eigenvalue weighted by Gasteiger charge is -2.24. The van der Waals surface area contributed by atoms with Crippen molar-refractivity contribution in [2.75, 3.05) is 19.3 Å². The monoisotopic (exact) mass is 500 g/mol. The van der Waals surface area contributed by atoms with E-state index in [0.29, 0.717) is 11.4 Å². The zero-order chi connectivity index (χ0) is 24.7. The molecule has 0 saturated carbocycles. The van der Waals surface area contributed by atoms with Gasteiger partial charge in [-0.2, -0.15) is 0 Å². The van der Waals surface area contributed by atoms with Gasteiger partial charge in [0.25, 0.3) is 5.92 Å². The highest BCUT2D eigenvalue weighted by Crippen LogP contribution is 2.37. The van der Waals surface area contributed by atoms with E-state index in [9.17, 15) is 26.0 Å². The lowest BCUT2D eigenvalue weighted by molar-refractivity contribution is -0.0337. The van der Waals surface area contributed by atoms with Crippen molar-refractivity contribution < 1.29 is 30.8 Å². The molecule has 0 aliphatic carbocycles. The Hall–Kier alpha value is -2.73. The fourth-order valence-electron chi connectivity index (χ4n) is 4.22. The Kier molecular flexibility index (Phi) is 6.56. The maximum absolute atomic E-state index is 14.5. The Labute approximate surface area is 194 Å². The van der Waals surface area contributed by atoms with Crippen molar-refractivity contribution in [1.29, 1.82) is 0 Å². The van der Waals surface area contributed by atoms with Crippen LogP contribution >= 0.6 is 0 Å². The summed E-state index contributed by atoms with van der Waals surface area (Å²) < 4.78 is 83.0. The molecule has 34 heavy (non-hydrogen) atoms. The number of rotatable bonds is 4. The number of oxime groups is 1. The first kappa shape index (κ1) is 24.4. The van der Waals surface area contributed by atoms with E-state index in [1.165, 1.54) is 6.07 Å². The number of amidine groups is 1. The van der Waals surface area contributed by atoms with Gasteiger partial charge in [0.1, 0.15) is 17.5 Å². The number of alkyl halides is 2. The molecule has 2 aliphatic heterocycles. The molecular formula is C22H24F4N4O3S. The molecule has 0 amide bonds. The third-order valence-electron chi connectivity index (χ3n) is 5.88. The summed E-state index contributed by atoms with van der Waals surface area (Å²) in [5.74, 6) is -4.33. The zero-order valence-electron chi connectivity index (χ0n) is 18.6. The number of likely N-dealkylation sites (tertiary alicyclic amines) is 1. The second-order valence-corrected chi connectivity index (χ2v) is 10.4. The summed E-state index contributed by atoms with van der Waals surface area (Å²) in [4.78, 5) is 11.5. The van der Waals surface area contributed by atoms with Gasteiger partial charge in [0, 0.05) is 31.3 Å². The van der Waals surface area contributed by atoms with Crippen LogP contribution in [0.1, 0.15) is 36.6 Å². The number of nitrogens with zero attached hydrogens (tertiary/aromatic N) is 3. The van der Waals surface area contributed by atoms with Crippen molar-refractivity contribution in [3.63, 3.8) is 0 Å². The van der Waals surface area contributed by atoms with Crippen LogP contribution in [0, 0.1) is 18.6 Å². The summed E-state index contributed by atoms with van der Waals surface area (Å²) in [6.07, 6.45) is 1.09. The third kappa shape index (κ3) is 5.17. The smallest absolute Gasteiger partial charge is 0.265 e. The molecule has 2 aromatic rings. The molecule has 1 fully saturated rings. The summed E-state index contributed by atoms with van der Waals surface area (Å²) >= 11 is 0. The van der Waals surface area contributed by atoms with Gasteiger partial charge in [-0.1, -0.05) is 11.2 Å². The van der Waals surface area contributed by atoms with Crippen molar-refractivity contribution in [2.45, 2.75) is 44.3 Å². The molecule has 7 nitrogen and oxygen atoms in total. The number of aromatic nitrogens is 1. The van der Waals surface area contributed by atoms with Crippen molar-refractivity contribution in [3.8, 4) is 11.1 Å². The van der Waals surface area contributed by atoms with Gasteiger partial charge in [0.05, 0.1) is 30.0 Å². The van der Waals surface area contributed by atoms with Gasteiger partial charge in [-0.05, 0) is 37.1 Å². The molecule has 1 unspecified atom stereocenters. The summed E-state index contributed by atoms with van der Waals surface area (Å²) in [6.45, 7) is 1.82. The topological polar surface area (TPSA) is 83.9 Å². The zero-order valence-corrected chi connectivity index (χ0v) is 19.4. The van der Waals surface area contributed by atoms with Gasteiger partial charge in [-0.3, -0.25) is 4.98 Å². The maximum atomic E-state index is 14.5. The van der Waals surface area contributed by atoms with Crippen molar-refractivity contribution in [3.05, 3.63) is 53.4 Å². The first-order valence-electron chi connectivity index (χ1n) is 10.7. The van der Waals surface area contributed by atoms with Crippen LogP contribution in [0.5, 0.6) is 0 Å². The lowest BCUT2D eigenvalue weighted by atomic mass is 9.97. The van der Waals surface area contributed by atoms with E-state index in [4.69, 9.17) is 4.84 Å². The molecule has 4 rings (SSSR count). The van der Waals surface area contributed by atoms with E-state index >= 15 is 0 Å². The van der Waals surface area contributed by atoms with Crippen LogP contribution in [0.3, 0.4) is 0 Å². The first-order chi connectivity index (χ1) is 15.9. The molecule has 0 radical (unpaired) electrons. The molecule has 12 heteroatoms. The average Bonchev–Trinajstić information content (AvgIpc) is 3.16. The predicted molar refractivity (Wildman–Crippen MR) is 118 cm³/mol. The van der Waals surface area contributed by atoms with Crippen LogP contribution in [0.2, 0.25) is 0 Å². The number of hydrogen-bond acceptors (Lipinski definition) is 6. The van der Waals surface area contributed by atoms with Gasteiger partial charge in [0.2, 0.25) is 10.0 Å². The van der Waals surface area contributed by atoms with Crippen LogP contribution in [0.25, 0.3) is 11.1 Å². The molecule has 1 saturated heterocycles.